The smallest absolute Gasteiger partial charge is 0.274 e. The molecule has 3 aromatic carbocycles. The van der Waals surface area contributed by atoms with Crippen molar-refractivity contribution in [1.29, 1.82) is 0 Å². The maximum absolute atomic E-state index is 13.3. The van der Waals surface area contributed by atoms with E-state index in [1.807, 2.05) is 54.0 Å². The molecule has 3 nitrogen and oxygen atoms in total. The Bertz CT molecular complexity index is 1400. The molecule has 0 aliphatic rings. The van der Waals surface area contributed by atoms with E-state index in [1.54, 1.807) is 0 Å². The van der Waals surface area contributed by atoms with Gasteiger partial charge < -0.3 is 0 Å². The fourth-order valence-electron chi connectivity index (χ4n) is 4.31. The highest BCUT2D eigenvalue weighted by Crippen LogP contribution is 3.02. The van der Waals surface area contributed by atoms with Crippen LogP contribution in [0, 0.1) is 6.92 Å². The summed E-state index contributed by atoms with van der Waals surface area (Å²) in [4.78, 5) is -1.94. The maximum atomic E-state index is 13.3. The van der Waals surface area contributed by atoms with Gasteiger partial charge in [-0.05, 0) is 59.7 Å². The quantitative estimate of drug-likeness (QED) is 0.236. The first-order valence-electron chi connectivity index (χ1n) is 11.6. The Balaban J connectivity index is 2.06. The van der Waals surface area contributed by atoms with Gasteiger partial charge in [0.05, 0.1) is 5.69 Å². The molecule has 0 atom stereocenters. The molecule has 192 valence electrons. The van der Waals surface area contributed by atoms with Crippen LogP contribution in [0.4, 0.5) is 19.4 Å². The van der Waals surface area contributed by atoms with E-state index in [1.165, 1.54) is 0 Å². The molecule has 0 N–H and O–H groups in total. The summed E-state index contributed by atoms with van der Waals surface area (Å²) in [6, 6.07) is 16.5. The van der Waals surface area contributed by atoms with Crippen molar-refractivity contribution in [1.82, 2.24) is 14.8 Å². The number of aryl methyl sites for hydroxylation is 1. The number of aromatic nitrogens is 3. The van der Waals surface area contributed by atoms with Crippen LogP contribution in [0.25, 0.3) is 28.5 Å². The van der Waals surface area contributed by atoms with Crippen molar-refractivity contribution in [3.8, 4) is 28.5 Å². The van der Waals surface area contributed by atoms with Gasteiger partial charge in [-0.2, -0.15) is 0 Å². The number of para-hydroxylation sites is 1. The Morgan fingerprint density at radius 3 is 1.69 bits per heavy atom. The second-order valence-electron chi connectivity index (χ2n) is 9.59. The average molecular weight is 522 g/mol. The van der Waals surface area contributed by atoms with Crippen molar-refractivity contribution in [3.63, 3.8) is 0 Å². The van der Waals surface area contributed by atoms with Crippen LogP contribution in [0.3, 0.4) is 0 Å². The lowest BCUT2D eigenvalue weighted by Crippen LogP contribution is -2.10. The van der Waals surface area contributed by atoms with Crippen LogP contribution in [0.5, 0.6) is 0 Å². The average Bonchev–Trinajstić information content (AvgIpc) is 3.21. The van der Waals surface area contributed by atoms with Gasteiger partial charge in [0.25, 0.3) is 0 Å². The predicted octanol–water partition coefficient (Wildman–Crippen LogP) is 9.81. The number of hydrogen-bond donors (Lipinski definition) is 0. The van der Waals surface area contributed by atoms with Crippen molar-refractivity contribution in [3.05, 3.63) is 83.4 Å². The Labute approximate surface area is 207 Å². The molecular formula is C27H28F5N3S. The fourth-order valence-corrected chi connectivity index (χ4v) is 4.96. The molecule has 0 radical (unpaired) electrons. The minimum atomic E-state index is -9.80. The Kier molecular flexibility index (Phi) is 5.87. The third-order valence-electron chi connectivity index (χ3n) is 6.17. The lowest BCUT2D eigenvalue weighted by molar-refractivity contribution is 0.364. The van der Waals surface area contributed by atoms with Gasteiger partial charge >= 0.3 is 10.2 Å². The Morgan fingerprint density at radius 1 is 0.667 bits per heavy atom. The molecule has 1 heterocycles. The molecule has 0 spiro atoms. The van der Waals surface area contributed by atoms with E-state index >= 15 is 0 Å². The molecule has 0 unspecified atom stereocenters. The number of halogens is 5. The Morgan fingerprint density at radius 2 is 1.19 bits per heavy atom. The third-order valence-corrected chi connectivity index (χ3v) is 7.34. The van der Waals surface area contributed by atoms with E-state index in [0.717, 1.165) is 40.1 Å². The number of benzene rings is 3. The number of rotatable bonds is 6. The molecule has 0 aliphatic carbocycles. The Hall–Kier alpha value is -3.20. The first-order valence-corrected chi connectivity index (χ1v) is 13.5. The molecule has 0 saturated carbocycles. The van der Waals surface area contributed by atoms with Crippen LogP contribution in [-0.4, -0.2) is 14.8 Å². The van der Waals surface area contributed by atoms with Gasteiger partial charge in [-0.25, -0.2) is 0 Å². The van der Waals surface area contributed by atoms with Gasteiger partial charge in [0.2, 0.25) is 0 Å². The molecule has 0 bridgehead atoms. The zero-order chi connectivity index (χ0) is 26.5. The topological polar surface area (TPSA) is 30.7 Å². The second-order valence-corrected chi connectivity index (χ2v) is 12.0. The summed E-state index contributed by atoms with van der Waals surface area (Å²) in [5.74, 6) is 1.04. The van der Waals surface area contributed by atoms with Gasteiger partial charge in [-0.15, -0.1) is 10.2 Å². The van der Waals surface area contributed by atoms with E-state index in [0.29, 0.717) is 18.0 Å². The van der Waals surface area contributed by atoms with Crippen molar-refractivity contribution < 1.29 is 19.4 Å². The molecule has 1 aromatic heterocycles. The van der Waals surface area contributed by atoms with Crippen molar-refractivity contribution in [2.75, 3.05) is 0 Å². The zero-order valence-electron chi connectivity index (χ0n) is 20.6. The standard InChI is InChI=1S/C27H28F5N3S/c1-17(2)22-11-8-12-23(18(3)4)25(22)35-26(33-34-27(35)24-10-7-6-9-19(24)5)20-13-15-21(16-14-20)36(28,29,30,31)32/h6-18H,1-5H3. The predicted molar refractivity (Wildman–Crippen MR) is 137 cm³/mol. The summed E-state index contributed by atoms with van der Waals surface area (Å²) < 4.78 is 68.6. The minimum Gasteiger partial charge on any atom is -0.274 e. The van der Waals surface area contributed by atoms with E-state index in [9.17, 15) is 19.4 Å². The van der Waals surface area contributed by atoms with Gasteiger partial charge in [0.15, 0.2) is 11.6 Å². The molecule has 9 heteroatoms. The highest BCUT2D eigenvalue weighted by molar-refractivity contribution is 8.45. The van der Waals surface area contributed by atoms with Crippen molar-refractivity contribution in [2.24, 2.45) is 0 Å². The van der Waals surface area contributed by atoms with Crippen molar-refractivity contribution >= 4 is 10.2 Å². The first kappa shape index (κ1) is 25.9. The number of nitrogens with zero attached hydrogens (tertiary/aromatic N) is 3. The number of hydrogen-bond acceptors (Lipinski definition) is 2. The lowest BCUT2D eigenvalue weighted by Gasteiger charge is -2.40. The van der Waals surface area contributed by atoms with E-state index in [2.05, 4.69) is 37.9 Å². The summed E-state index contributed by atoms with van der Waals surface area (Å²) in [7, 11) is -9.80. The molecule has 0 amide bonds. The van der Waals surface area contributed by atoms with Gasteiger partial charge in [0, 0.05) is 11.1 Å². The lowest BCUT2D eigenvalue weighted by atomic mass is 9.92. The van der Waals surface area contributed by atoms with Crippen LogP contribution < -0.4 is 0 Å². The minimum absolute atomic E-state index is 0.120. The molecule has 4 aromatic rings. The van der Waals surface area contributed by atoms with Gasteiger partial charge in [-0.1, -0.05) is 89.6 Å². The zero-order valence-corrected chi connectivity index (χ0v) is 21.5. The van der Waals surface area contributed by atoms with E-state index in [-0.39, 0.29) is 23.2 Å². The second kappa shape index (κ2) is 8.16. The summed E-state index contributed by atoms with van der Waals surface area (Å²) in [6.07, 6.45) is 0. The monoisotopic (exact) mass is 521 g/mol. The summed E-state index contributed by atoms with van der Waals surface area (Å²) in [6.45, 7) is 10.2. The van der Waals surface area contributed by atoms with Crippen LogP contribution in [-0.2, 0) is 0 Å². The van der Waals surface area contributed by atoms with Crippen LogP contribution >= 0.6 is 10.2 Å². The molecule has 0 aliphatic heterocycles. The van der Waals surface area contributed by atoms with Crippen molar-refractivity contribution in [2.45, 2.75) is 51.3 Å². The maximum Gasteiger partial charge on any atom is 0.310 e. The summed E-state index contributed by atoms with van der Waals surface area (Å²) >= 11 is 0. The first-order chi connectivity index (χ1) is 16.6. The third kappa shape index (κ3) is 4.89. The molecule has 0 fully saturated rings. The van der Waals surface area contributed by atoms with E-state index in [4.69, 9.17) is 0 Å². The summed E-state index contributed by atoms with van der Waals surface area (Å²) in [5.41, 5.74) is 4.88. The highest BCUT2D eigenvalue weighted by atomic mass is 32.5. The SMILES string of the molecule is Cc1ccccc1-c1nnc(-c2ccc(S(F)(F)(F)(F)F)cc2)n1-c1c(C(C)C)cccc1C(C)C. The summed E-state index contributed by atoms with van der Waals surface area (Å²) in [5, 5.41) is 8.81. The molecule has 0 saturated heterocycles. The normalized spacial score (nSPS) is 14.2. The van der Waals surface area contributed by atoms with Crippen LogP contribution in [0.2, 0.25) is 0 Å². The highest BCUT2D eigenvalue weighted by Gasteiger charge is 2.65. The van der Waals surface area contributed by atoms with Gasteiger partial charge in [-0.3, -0.25) is 4.57 Å². The van der Waals surface area contributed by atoms with Crippen LogP contribution in [0.1, 0.15) is 56.2 Å². The van der Waals surface area contributed by atoms with Crippen LogP contribution in [0.15, 0.2) is 71.6 Å². The molecule has 4 rings (SSSR count). The molecule has 36 heavy (non-hydrogen) atoms. The largest absolute Gasteiger partial charge is 0.310 e. The van der Waals surface area contributed by atoms with E-state index < -0.39 is 15.1 Å². The molecular weight excluding hydrogens is 493 g/mol. The van der Waals surface area contributed by atoms with Gasteiger partial charge in [0.1, 0.15) is 4.90 Å². The fraction of sp³-hybridized carbons (Fsp3) is 0.259.